The van der Waals surface area contributed by atoms with E-state index in [-0.39, 0.29) is 6.10 Å². The fourth-order valence-electron chi connectivity index (χ4n) is 2.94. The second kappa shape index (κ2) is 5.01. The van der Waals surface area contributed by atoms with Crippen molar-refractivity contribution in [3.8, 4) is 0 Å². The van der Waals surface area contributed by atoms with E-state index >= 15 is 0 Å². The molecule has 0 radical (unpaired) electrons. The number of benzene rings is 1. The van der Waals surface area contributed by atoms with Gasteiger partial charge in [0.1, 0.15) is 0 Å². The molecular formula is C15H22O. The van der Waals surface area contributed by atoms with Crippen LogP contribution < -0.4 is 0 Å². The Kier molecular flexibility index (Phi) is 3.65. The summed E-state index contributed by atoms with van der Waals surface area (Å²) in [6, 6.07) is 8.22. The van der Waals surface area contributed by atoms with Crippen LogP contribution in [0.1, 0.15) is 49.8 Å². The van der Waals surface area contributed by atoms with E-state index in [2.05, 4.69) is 26.0 Å². The number of hydrogen-bond acceptors (Lipinski definition) is 1. The topological polar surface area (TPSA) is 20.2 Å². The minimum absolute atomic E-state index is 0.260. The van der Waals surface area contributed by atoms with E-state index in [0.717, 1.165) is 11.5 Å². The van der Waals surface area contributed by atoms with Crippen LogP contribution in [0.2, 0.25) is 0 Å². The second-order valence-electron chi connectivity index (χ2n) is 5.33. The van der Waals surface area contributed by atoms with Crippen LogP contribution in [0.25, 0.3) is 0 Å². The van der Waals surface area contributed by atoms with Crippen molar-refractivity contribution in [2.75, 3.05) is 0 Å². The predicted octanol–water partition coefficient (Wildman–Crippen LogP) is 3.85. The van der Waals surface area contributed by atoms with Gasteiger partial charge in [-0.3, -0.25) is 0 Å². The molecule has 1 aromatic carbocycles. The Morgan fingerprint density at radius 2 is 2.00 bits per heavy atom. The molecule has 0 amide bonds. The van der Waals surface area contributed by atoms with Gasteiger partial charge < -0.3 is 5.11 Å². The third kappa shape index (κ3) is 2.46. The lowest BCUT2D eigenvalue weighted by molar-refractivity contribution is 0.0709. The van der Waals surface area contributed by atoms with E-state index < -0.39 is 0 Å². The zero-order chi connectivity index (χ0) is 11.5. The summed E-state index contributed by atoms with van der Waals surface area (Å²) in [6.07, 6.45) is 4.70. The molecule has 1 aliphatic carbocycles. The van der Waals surface area contributed by atoms with Crippen molar-refractivity contribution in [3.63, 3.8) is 0 Å². The molecule has 1 aromatic rings. The molecule has 1 saturated carbocycles. The van der Waals surface area contributed by atoms with Gasteiger partial charge in [-0.2, -0.15) is 0 Å². The minimum Gasteiger partial charge on any atom is -0.388 e. The summed E-state index contributed by atoms with van der Waals surface area (Å²) in [7, 11) is 0. The second-order valence-corrected chi connectivity index (χ2v) is 5.33. The molecule has 0 heterocycles. The minimum atomic E-state index is -0.260. The van der Waals surface area contributed by atoms with Gasteiger partial charge in [0.2, 0.25) is 0 Å². The Balaban J connectivity index is 2.12. The highest BCUT2D eigenvalue weighted by Crippen LogP contribution is 2.37. The zero-order valence-corrected chi connectivity index (χ0v) is 10.3. The lowest BCUT2D eigenvalue weighted by Gasteiger charge is -2.31. The average Bonchev–Trinajstić information content (AvgIpc) is 2.29. The molecule has 1 fully saturated rings. The number of rotatable bonds is 2. The number of aliphatic hydroxyl groups excluding tert-OH is 1. The lowest BCUT2D eigenvalue weighted by atomic mass is 9.77. The lowest BCUT2D eigenvalue weighted by Crippen LogP contribution is -2.20. The summed E-state index contributed by atoms with van der Waals surface area (Å²) in [4.78, 5) is 0. The third-order valence-electron chi connectivity index (χ3n) is 3.93. The molecule has 1 heteroatoms. The Morgan fingerprint density at radius 1 is 1.25 bits per heavy atom. The SMILES string of the molecule is Cc1ccccc1C(O)C1CCCC(C)C1. The fourth-order valence-corrected chi connectivity index (χ4v) is 2.94. The van der Waals surface area contributed by atoms with Crippen molar-refractivity contribution in [3.05, 3.63) is 35.4 Å². The first kappa shape index (κ1) is 11.7. The first-order valence-corrected chi connectivity index (χ1v) is 6.42. The van der Waals surface area contributed by atoms with Crippen LogP contribution in [0, 0.1) is 18.8 Å². The fraction of sp³-hybridized carbons (Fsp3) is 0.600. The molecule has 0 spiro atoms. The van der Waals surface area contributed by atoms with E-state index in [0.29, 0.717) is 5.92 Å². The van der Waals surface area contributed by atoms with E-state index in [1.807, 2.05) is 12.1 Å². The van der Waals surface area contributed by atoms with Crippen LogP contribution in [-0.4, -0.2) is 5.11 Å². The maximum absolute atomic E-state index is 10.4. The molecule has 1 nitrogen and oxygen atoms in total. The van der Waals surface area contributed by atoms with Crippen LogP contribution in [-0.2, 0) is 0 Å². The van der Waals surface area contributed by atoms with Gasteiger partial charge in [0.25, 0.3) is 0 Å². The standard InChI is InChI=1S/C15H22O/c1-11-6-5-8-13(10-11)15(16)14-9-4-3-7-12(14)2/h3-4,7,9,11,13,15-16H,5-6,8,10H2,1-2H3. The van der Waals surface area contributed by atoms with E-state index in [9.17, 15) is 5.11 Å². The normalized spacial score (nSPS) is 27.7. The molecule has 3 atom stereocenters. The number of hydrogen-bond donors (Lipinski definition) is 1. The van der Waals surface area contributed by atoms with Crippen LogP contribution in [0.15, 0.2) is 24.3 Å². The number of aliphatic hydroxyl groups is 1. The summed E-state index contributed by atoms with van der Waals surface area (Å²) in [5.41, 5.74) is 2.34. The number of aryl methyl sites for hydroxylation is 1. The Hall–Kier alpha value is -0.820. The van der Waals surface area contributed by atoms with E-state index in [1.165, 1.54) is 31.2 Å². The molecule has 1 aliphatic rings. The van der Waals surface area contributed by atoms with Gasteiger partial charge >= 0.3 is 0 Å². The van der Waals surface area contributed by atoms with Crippen molar-refractivity contribution in [2.45, 2.75) is 45.6 Å². The van der Waals surface area contributed by atoms with E-state index in [1.54, 1.807) is 0 Å². The molecule has 1 N–H and O–H groups in total. The van der Waals surface area contributed by atoms with Gasteiger partial charge in [-0.1, -0.05) is 44.0 Å². The quantitative estimate of drug-likeness (QED) is 0.799. The molecule has 2 rings (SSSR count). The van der Waals surface area contributed by atoms with Gasteiger partial charge in [0, 0.05) is 0 Å². The molecule has 0 aliphatic heterocycles. The van der Waals surface area contributed by atoms with Crippen LogP contribution in [0.4, 0.5) is 0 Å². The highest BCUT2D eigenvalue weighted by Gasteiger charge is 2.26. The van der Waals surface area contributed by atoms with Crippen molar-refractivity contribution >= 4 is 0 Å². The van der Waals surface area contributed by atoms with Crippen molar-refractivity contribution < 1.29 is 5.11 Å². The van der Waals surface area contributed by atoms with Crippen molar-refractivity contribution in [1.29, 1.82) is 0 Å². The summed E-state index contributed by atoms with van der Waals surface area (Å²) >= 11 is 0. The molecular weight excluding hydrogens is 196 g/mol. The summed E-state index contributed by atoms with van der Waals surface area (Å²) in [5, 5.41) is 10.4. The maximum atomic E-state index is 10.4. The van der Waals surface area contributed by atoms with Gasteiger partial charge in [0.15, 0.2) is 0 Å². The largest absolute Gasteiger partial charge is 0.388 e. The van der Waals surface area contributed by atoms with Crippen LogP contribution >= 0.6 is 0 Å². The predicted molar refractivity (Wildman–Crippen MR) is 67.3 cm³/mol. The van der Waals surface area contributed by atoms with Crippen molar-refractivity contribution in [1.82, 2.24) is 0 Å². The van der Waals surface area contributed by atoms with Gasteiger partial charge in [-0.15, -0.1) is 0 Å². The molecule has 0 bridgehead atoms. The zero-order valence-electron chi connectivity index (χ0n) is 10.3. The molecule has 16 heavy (non-hydrogen) atoms. The maximum Gasteiger partial charge on any atom is 0.0820 e. The Labute approximate surface area is 98.5 Å². The summed E-state index contributed by atoms with van der Waals surface area (Å²) in [5.74, 6) is 1.24. The highest BCUT2D eigenvalue weighted by atomic mass is 16.3. The van der Waals surface area contributed by atoms with Crippen LogP contribution in [0.5, 0.6) is 0 Å². The first-order chi connectivity index (χ1) is 7.68. The summed E-state index contributed by atoms with van der Waals surface area (Å²) in [6.45, 7) is 4.39. The third-order valence-corrected chi connectivity index (χ3v) is 3.93. The molecule has 3 unspecified atom stereocenters. The summed E-state index contributed by atoms with van der Waals surface area (Å²) < 4.78 is 0. The Bertz CT molecular complexity index is 345. The highest BCUT2D eigenvalue weighted by molar-refractivity contribution is 5.28. The smallest absolute Gasteiger partial charge is 0.0820 e. The molecule has 88 valence electrons. The monoisotopic (exact) mass is 218 g/mol. The van der Waals surface area contributed by atoms with Gasteiger partial charge in [-0.05, 0) is 42.7 Å². The van der Waals surface area contributed by atoms with E-state index in [4.69, 9.17) is 0 Å². The van der Waals surface area contributed by atoms with Crippen LogP contribution in [0.3, 0.4) is 0 Å². The molecule has 0 aromatic heterocycles. The molecule has 0 saturated heterocycles. The first-order valence-electron chi connectivity index (χ1n) is 6.42. The average molecular weight is 218 g/mol. The van der Waals surface area contributed by atoms with Crippen molar-refractivity contribution in [2.24, 2.45) is 11.8 Å². The van der Waals surface area contributed by atoms with Gasteiger partial charge in [-0.25, -0.2) is 0 Å². The van der Waals surface area contributed by atoms with Gasteiger partial charge in [0.05, 0.1) is 6.10 Å². The Morgan fingerprint density at radius 3 is 2.69 bits per heavy atom.